The third-order valence-electron chi connectivity index (χ3n) is 1.55. The molecule has 0 unspecified atom stereocenters. The molecule has 0 aliphatic rings. The Bertz CT molecular complexity index is 312. The third kappa shape index (κ3) is 1.34. The summed E-state index contributed by atoms with van der Waals surface area (Å²) in [6.45, 7) is 1.68. The van der Waals surface area contributed by atoms with E-state index in [1.54, 1.807) is 20.0 Å². The quantitative estimate of drug-likeness (QED) is 0.533. The summed E-state index contributed by atoms with van der Waals surface area (Å²) in [5.74, 6) is 0.306. The summed E-state index contributed by atoms with van der Waals surface area (Å²) in [6, 6.07) is 1.61. The van der Waals surface area contributed by atoms with Crippen molar-refractivity contribution in [2.24, 2.45) is 0 Å². The Labute approximate surface area is 69.6 Å². The van der Waals surface area contributed by atoms with Crippen LogP contribution in [0.4, 0.5) is 11.5 Å². The Morgan fingerprint density at radius 2 is 2.33 bits per heavy atom. The highest BCUT2D eigenvalue weighted by Gasteiger charge is 2.16. The number of pyridine rings is 1. The molecule has 0 atom stereocenters. The standard InChI is InChI=1S/C7H9N3O2/c1-5-3-4-9-7(8-2)6(5)10(11)12/h3-4H,1-2H3,(H,8,9). The van der Waals surface area contributed by atoms with Crippen molar-refractivity contribution in [3.05, 3.63) is 27.9 Å². The lowest BCUT2D eigenvalue weighted by Gasteiger charge is -2.01. The van der Waals surface area contributed by atoms with Gasteiger partial charge in [0.25, 0.3) is 0 Å². The molecule has 0 saturated heterocycles. The number of aromatic nitrogens is 1. The fourth-order valence-electron chi connectivity index (χ4n) is 0.964. The molecule has 5 heteroatoms. The second-order valence-corrected chi connectivity index (χ2v) is 2.33. The van der Waals surface area contributed by atoms with Gasteiger partial charge in [-0.05, 0) is 13.0 Å². The molecule has 0 spiro atoms. The summed E-state index contributed by atoms with van der Waals surface area (Å²) in [5.41, 5.74) is 0.652. The number of aryl methyl sites for hydroxylation is 1. The first-order valence-corrected chi connectivity index (χ1v) is 3.44. The van der Waals surface area contributed by atoms with Gasteiger partial charge < -0.3 is 5.32 Å². The minimum atomic E-state index is -0.436. The lowest BCUT2D eigenvalue weighted by atomic mass is 10.2. The Balaban J connectivity index is 3.29. The van der Waals surface area contributed by atoms with Crippen molar-refractivity contribution in [3.8, 4) is 0 Å². The number of anilines is 1. The van der Waals surface area contributed by atoms with Crippen LogP contribution < -0.4 is 5.32 Å². The van der Waals surface area contributed by atoms with Gasteiger partial charge in [-0.25, -0.2) is 4.98 Å². The topological polar surface area (TPSA) is 68.1 Å². The van der Waals surface area contributed by atoms with Crippen LogP contribution in [-0.2, 0) is 0 Å². The molecule has 1 aromatic rings. The summed E-state index contributed by atoms with van der Waals surface area (Å²) in [6.07, 6.45) is 1.54. The van der Waals surface area contributed by atoms with Crippen LogP contribution in [-0.4, -0.2) is 17.0 Å². The largest absolute Gasteiger partial charge is 0.367 e. The molecule has 12 heavy (non-hydrogen) atoms. The molecule has 0 aliphatic carbocycles. The highest BCUT2D eigenvalue weighted by Crippen LogP contribution is 2.24. The minimum absolute atomic E-state index is 0.0417. The maximum Gasteiger partial charge on any atom is 0.314 e. The molecular formula is C7H9N3O2. The summed E-state index contributed by atoms with van der Waals surface area (Å²) in [7, 11) is 1.61. The second-order valence-electron chi connectivity index (χ2n) is 2.33. The van der Waals surface area contributed by atoms with Gasteiger partial charge in [0.05, 0.1) is 4.92 Å². The minimum Gasteiger partial charge on any atom is -0.367 e. The zero-order valence-corrected chi connectivity index (χ0v) is 6.87. The van der Waals surface area contributed by atoms with Crippen molar-refractivity contribution in [1.82, 2.24) is 4.98 Å². The van der Waals surface area contributed by atoms with Crippen molar-refractivity contribution < 1.29 is 4.92 Å². The van der Waals surface area contributed by atoms with E-state index in [4.69, 9.17) is 0 Å². The smallest absolute Gasteiger partial charge is 0.314 e. The van der Waals surface area contributed by atoms with E-state index in [9.17, 15) is 10.1 Å². The zero-order chi connectivity index (χ0) is 9.14. The number of hydrogen-bond donors (Lipinski definition) is 1. The number of nitrogens with zero attached hydrogens (tertiary/aromatic N) is 2. The number of hydrogen-bond acceptors (Lipinski definition) is 4. The van der Waals surface area contributed by atoms with E-state index in [-0.39, 0.29) is 5.69 Å². The zero-order valence-electron chi connectivity index (χ0n) is 6.87. The van der Waals surface area contributed by atoms with Crippen molar-refractivity contribution in [2.45, 2.75) is 6.92 Å². The van der Waals surface area contributed by atoms with Crippen LogP contribution in [0.15, 0.2) is 12.3 Å². The van der Waals surface area contributed by atoms with Crippen LogP contribution in [0.25, 0.3) is 0 Å². The normalized spacial score (nSPS) is 9.50. The first-order chi connectivity index (χ1) is 5.66. The fourth-order valence-corrected chi connectivity index (χ4v) is 0.964. The van der Waals surface area contributed by atoms with E-state index in [1.807, 2.05) is 0 Å². The van der Waals surface area contributed by atoms with Crippen molar-refractivity contribution in [2.75, 3.05) is 12.4 Å². The average molecular weight is 167 g/mol. The van der Waals surface area contributed by atoms with Gasteiger partial charge in [-0.1, -0.05) is 0 Å². The third-order valence-corrected chi connectivity index (χ3v) is 1.55. The Kier molecular flexibility index (Phi) is 2.23. The highest BCUT2D eigenvalue weighted by atomic mass is 16.6. The van der Waals surface area contributed by atoms with E-state index in [2.05, 4.69) is 10.3 Å². The molecule has 1 aromatic heterocycles. The molecular weight excluding hydrogens is 158 g/mol. The van der Waals surface area contributed by atoms with Crippen LogP contribution >= 0.6 is 0 Å². The first kappa shape index (κ1) is 8.45. The van der Waals surface area contributed by atoms with Crippen molar-refractivity contribution in [1.29, 1.82) is 0 Å². The van der Waals surface area contributed by atoms with E-state index in [0.717, 1.165) is 0 Å². The molecule has 0 fully saturated rings. The molecule has 1 rings (SSSR count). The maximum absolute atomic E-state index is 10.5. The molecule has 1 heterocycles. The monoisotopic (exact) mass is 167 g/mol. The number of nitrogens with one attached hydrogen (secondary N) is 1. The number of rotatable bonds is 2. The van der Waals surface area contributed by atoms with Gasteiger partial charge in [-0.15, -0.1) is 0 Å². The fraction of sp³-hybridized carbons (Fsp3) is 0.286. The Morgan fingerprint density at radius 1 is 1.67 bits per heavy atom. The number of nitro groups is 1. The molecule has 5 nitrogen and oxygen atoms in total. The molecule has 0 radical (unpaired) electrons. The van der Waals surface area contributed by atoms with Crippen LogP contribution in [0, 0.1) is 17.0 Å². The molecule has 0 aromatic carbocycles. The predicted octanol–water partition coefficient (Wildman–Crippen LogP) is 1.34. The molecule has 64 valence electrons. The van der Waals surface area contributed by atoms with Gasteiger partial charge in [0, 0.05) is 18.8 Å². The van der Waals surface area contributed by atoms with Gasteiger partial charge in [-0.2, -0.15) is 0 Å². The van der Waals surface area contributed by atoms with Gasteiger partial charge in [0.2, 0.25) is 5.82 Å². The highest BCUT2D eigenvalue weighted by molar-refractivity contribution is 5.59. The van der Waals surface area contributed by atoms with Crippen molar-refractivity contribution >= 4 is 11.5 Å². The van der Waals surface area contributed by atoms with E-state index in [0.29, 0.717) is 11.4 Å². The summed E-state index contributed by atoms with van der Waals surface area (Å²) < 4.78 is 0. The summed E-state index contributed by atoms with van der Waals surface area (Å²) in [5, 5.41) is 13.2. The van der Waals surface area contributed by atoms with Crippen molar-refractivity contribution in [3.63, 3.8) is 0 Å². The Hall–Kier alpha value is -1.65. The molecule has 0 bridgehead atoms. The van der Waals surface area contributed by atoms with E-state index < -0.39 is 4.92 Å². The van der Waals surface area contributed by atoms with Crippen LogP contribution in [0.3, 0.4) is 0 Å². The SMILES string of the molecule is CNc1nccc(C)c1[N+](=O)[O-]. The molecule has 0 amide bonds. The Morgan fingerprint density at radius 3 is 2.75 bits per heavy atom. The maximum atomic E-state index is 10.5. The lowest BCUT2D eigenvalue weighted by Crippen LogP contribution is -2.00. The predicted molar refractivity (Wildman–Crippen MR) is 45.2 cm³/mol. The average Bonchev–Trinajstić information content (AvgIpc) is 2.03. The molecule has 1 N–H and O–H groups in total. The van der Waals surface area contributed by atoms with Gasteiger partial charge >= 0.3 is 5.69 Å². The first-order valence-electron chi connectivity index (χ1n) is 3.44. The van der Waals surface area contributed by atoms with Gasteiger partial charge in [-0.3, -0.25) is 10.1 Å². The van der Waals surface area contributed by atoms with Crippen LogP contribution in [0.5, 0.6) is 0 Å². The van der Waals surface area contributed by atoms with Gasteiger partial charge in [0.1, 0.15) is 0 Å². The van der Waals surface area contributed by atoms with Gasteiger partial charge in [0.15, 0.2) is 0 Å². The summed E-state index contributed by atoms with van der Waals surface area (Å²) in [4.78, 5) is 13.9. The van der Waals surface area contributed by atoms with E-state index in [1.165, 1.54) is 6.20 Å². The summed E-state index contributed by atoms with van der Waals surface area (Å²) >= 11 is 0. The second kappa shape index (κ2) is 3.17. The van der Waals surface area contributed by atoms with E-state index >= 15 is 0 Å². The molecule has 0 aliphatic heterocycles. The van der Waals surface area contributed by atoms with Crippen LogP contribution in [0.1, 0.15) is 5.56 Å². The molecule has 0 saturated carbocycles. The van der Waals surface area contributed by atoms with Crippen LogP contribution in [0.2, 0.25) is 0 Å². The lowest BCUT2D eigenvalue weighted by molar-refractivity contribution is -0.384.